The number of H-pyrrole nitrogens is 1. The molecule has 1 aliphatic rings. The summed E-state index contributed by atoms with van der Waals surface area (Å²) in [7, 11) is 2.05. The van der Waals surface area contributed by atoms with Crippen molar-refractivity contribution >= 4 is 50.8 Å². The number of anilines is 1. The number of halogens is 1. The van der Waals surface area contributed by atoms with Crippen LogP contribution in [0.4, 0.5) is 5.82 Å². The fourth-order valence-corrected chi connectivity index (χ4v) is 4.06. The van der Waals surface area contributed by atoms with Crippen LogP contribution < -0.4 is 5.32 Å². The topological polar surface area (TPSA) is 81.3 Å². The van der Waals surface area contributed by atoms with Crippen LogP contribution in [0.1, 0.15) is 20.0 Å². The van der Waals surface area contributed by atoms with Gasteiger partial charge < -0.3 is 15.1 Å². The Morgan fingerprint density at radius 2 is 1.89 bits per heavy atom. The SMILES string of the molecule is CN1CCN(C(=O)c2cc3c(NC(=O)c4ccc(Cl)cc4)n[nH]c3s2)CC1. The van der Waals surface area contributed by atoms with Crippen molar-refractivity contribution < 1.29 is 9.59 Å². The van der Waals surface area contributed by atoms with Crippen molar-refractivity contribution in [2.75, 3.05) is 38.5 Å². The fourth-order valence-electron chi connectivity index (χ4n) is 2.96. The first-order chi connectivity index (χ1) is 13.0. The van der Waals surface area contributed by atoms with Gasteiger partial charge >= 0.3 is 0 Å². The number of piperazine rings is 1. The molecule has 9 heteroatoms. The molecule has 0 aliphatic carbocycles. The lowest BCUT2D eigenvalue weighted by Crippen LogP contribution is -2.46. The first-order valence-electron chi connectivity index (χ1n) is 8.54. The summed E-state index contributed by atoms with van der Waals surface area (Å²) in [5.41, 5.74) is 0.486. The van der Waals surface area contributed by atoms with Gasteiger partial charge in [0.2, 0.25) is 0 Å². The smallest absolute Gasteiger partial charge is 0.264 e. The molecule has 1 fully saturated rings. The first-order valence-corrected chi connectivity index (χ1v) is 9.73. The number of thiophene rings is 1. The van der Waals surface area contributed by atoms with Crippen LogP contribution in [0.2, 0.25) is 5.02 Å². The first kappa shape index (κ1) is 18.0. The number of likely N-dealkylation sites (N-methyl/N-ethyl adjacent to an activating group) is 1. The molecule has 7 nitrogen and oxygen atoms in total. The molecule has 0 atom stereocenters. The van der Waals surface area contributed by atoms with Crippen LogP contribution in [0.5, 0.6) is 0 Å². The van der Waals surface area contributed by atoms with Crippen LogP contribution in [0, 0.1) is 0 Å². The van der Waals surface area contributed by atoms with Crippen LogP contribution in [0.25, 0.3) is 10.2 Å². The van der Waals surface area contributed by atoms with E-state index in [-0.39, 0.29) is 11.8 Å². The molecule has 0 spiro atoms. The van der Waals surface area contributed by atoms with E-state index in [9.17, 15) is 9.59 Å². The molecule has 1 saturated heterocycles. The quantitative estimate of drug-likeness (QED) is 0.704. The maximum absolute atomic E-state index is 12.7. The summed E-state index contributed by atoms with van der Waals surface area (Å²) in [5, 5.41) is 11.1. The maximum atomic E-state index is 12.7. The van der Waals surface area contributed by atoms with Gasteiger partial charge in [0.25, 0.3) is 11.8 Å². The third kappa shape index (κ3) is 3.69. The second kappa shape index (κ2) is 7.30. The lowest BCUT2D eigenvalue weighted by molar-refractivity contribution is 0.0669. The highest BCUT2D eigenvalue weighted by Crippen LogP contribution is 2.30. The number of hydrogen-bond donors (Lipinski definition) is 2. The van der Waals surface area contributed by atoms with Gasteiger partial charge in [0.1, 0.15) is 4.83 Å². The zero-order chi connectivity index (χ0) is 19.0. The molecule has 0 saturated carbocycles. The molecule has 3 aromatic rings. The Labute approximate surface area is 164 Å². The minimum atomic E-state index is -0.279. The van der Waals surface area contributed by atoms with E-state index in [1.54, 1.807) is 30.3 Å². The third-order valence-corrected chi connectivity index (χ3v) is 5.88. The summed E-state index contributed by atoms with van der Waals surface area (Å²) < 4.78 is 0. The number of aromatic nitrogens is 2. The minimum absolute atomic E-state index is 0.0210. The average Bonchev–Trinajstić information content (AvgIpc) is 3.24. The van der Waals surface area contributed by atoms with Gasteiger partial charge in [0, 0.05) is 36.8 Å². The summed E-state index contributed by atoms with van der Waals surface area (Å²) in [6.07, 6.45) is 0. The summed E-state index contributed by atoms with van der Waals surface area (Å²) in [6.45, 7) is 3.19. The predicted molar refractivity (Wildman–Crippen MR) is 107 cm³/mol. The van der Waals surface area contributed by atoms with Crippen LogP contribution in [0.15, 0.2) is 30.3 Å². The number of amides is 2. The van der Waals surface area contributed by atoms with Crippen molar-refractivity contribution in [2.45, 2.75) is 0 Å². The molecule has 1 aliphatic heterocycles. The number of fused-ring (bicyclic) bond motifs is 1. The Kier molecular flexibility index (Phi) is 4.86. The zero-order valence-electron chi connectivity index (χ0n) is 14.7. The maximum Gasteiger partial charge on any atom is 0.264 e. The van der Waals surface area contributed by atoms with Gasteiger partial charge in [-0.3, -0.25) is 14.7 Å². The van der Waals surface area contributed by atoms with Crippen LogP contribution in [-0.4, -0.2) is 65.0 Å². The molecule has 140 valence electrons. The zero-order valence-corrected chi connectivity index (χ0v) is 16.2. The molecule has 2 N–H and O–H groups in total. The van der Waals surface area contributed by atoms with Crippen molar-refractivity contribution in [2.24, 2.45) is 0 Å². The molecule has 2 aromatic heterocycles. The van der Waals surface area contributed by atoms with Gasteiger partial charge in [-0.15, -0.1) is 11.3 Å². The van der Waals surface area contributed by atoms with Crippen molar-refractivity contribution in [1.29, 1.82) is 0 Å². The Balaban J connectivity index is 1.52. The highest BCUT2D eigenvalue weighted by molar-refractivity contribution is 7.20. The normalized spacial score (nSPS) is 15.3. The number of rotatable bonds is 3. The predicted octanol–water partition coefficient (Wildman–Crippen LogP) is 2.92. The Morgan fingerprint density at radius 3 is 2.59 bits per heavy atom. The molecule has 1 aromatic carbocycles. The molecule has 0 bridgehead atoms. The highest BCUT2D eigenvalue weighted by atomic mass is 35.5. The van der Waals surface area contributed by atoms with Crippen molar-refractivity contribution in [3.63, 3.8) is 0 Å². The van der Waals surface area contributed by atoms with Crippen LogP contribution >= 0.6 is 22.9 Å². The van der Waals surface area contributed by atoms with E-state index in [0.29, 0.717) is 21.3 Å². The minimum Gasteiger partial charge on any atom is -0.335 e. The lowest BCUT2D eigenvalue weighted by atomic mass is 10.2. The molecular formula is C18H18ClN5O2S. The Morgan fingerprint density at radius 1 is 1.19 bits per heavy atom. The molecule has 2 amide bonds. The molecule has 3 heterocycles. The van der Waals surface area contributed by atoms with Gasteiger partial charge in [-0.05, 0) is 37.4 Å². The largest absolute Gasteiger partial charge is 0.335 e. The summed E-state index contributed by atoms with van der Waals surface area (Å²) in [5.74, 6) is 0.157. The summed E-state index contributed by atoms with van der Waals surface area (Å²) >= 11 is 7.21. The second-order valence-corrected chi connectivity index (χ2v) is 7.97. The molecular weight excluding hydrogens is 386 g/mol. The lowest BCUT2D eigenvalue weighted by Gasteiger charge is -2.32. The molecule has 4 rings (SSSR count). The van der Waals surface area contributed by atoms with Crippen molar-refractivity contribution in [3.8, 4) is 0 Å². The number of hydrogen-bond acceptors (Lipinski definition) is 5. The number of nitrogens with one attached hydrogen (secondary N) is 2. The fraction of sp³-hybridized carbons (Fsp3) is 0.278. The number of nitrogens with zero attached hydrogens (tertiary/aromatic N) is 3. The Bertz CT molecular complexity index is 989. The third-order valence-electron chi connectivity index (χ3n) is 4.60. The monoisotopic (exact) mass is 403 g/mol. The summed E-state index contributed by atoms with van der Waals surface area (Å²) in [4.78, 5) is 30.6. The van der Waals surface area contributed by atoms with E-state index in [1.807, 2.05) is 4.90 Å². The van der Waals surface area contributed by atoms with Gasteiger partial charge in [-0.1, -0.05) is 11.6 Å². The van der Waals surface area contributed by atoms with E-state index >= 15 is 0 Å². The van der Waals surface area contributed by atoms with Crippen molar-refractivity contribution in [1.82, 2.24) is 20.0 Å². The summed E-state index contributed by atoms with van der Waals surface area (Å²) in [6, 6.07) is 8.42. The second-order valence-electron chi connectivity index (χ2n) is 6.48. The van der Waals surface area contributed by atoms with Gasteiger partial charge in [-0.25, -0.2) is 0 Å². The number of benzene rings is 1. The van der Waals surface area contributed by atoms with E-state index in [1.165, 1.54) is 11.3 Å². The van der Waals surface area contributed by atoms with Gasteiger partial charge in [-0.2, -0.15) is 5.10 Å². The van der Waals surface area contributed by atoms with Gasteiger partial charge in [0.15, 0.2) is 5.82 Å². The van der Waals surface area contributed by atoms with E-state index in [2.05, 4.69) is 27.5 Å². The Hall–Kier alpha value is -2.42. The number of carbonyl (C=O) groups is 2. The van der Waals surface area contributed by atoms with Crippen LogP contribution in [0.3, 0.4) is 0 Å². The molecule has 0 radical (unpaired) electrons. The van der Waals surface area contributed by atoms with E-state index in [4.69, 9.17) is 11.6 Å². The van der Waals surface area contributed by atoms with Gasteiger partial charge in [0.05, 0.1) is 10.3 Å². The van der Waals surface area contributed by atoms with Crippen molar-refractivity contribution in [3.05, 3.63) is 45.8 Å². The van der Waals surface area contributed by atoms with Crippen LogP contribution in [-0.2, 0) is 0 Å². The number of carbonyl (C=O) groups excluding carboxylic acids is 2. The standard InChI is InChI=1S/C18H18ClN5O2S/c1-23-6-8-24(9-7-23)18(26)14-10-13-15(21-22-17(13)27-14)20-16(25)11-2-4-12(19)5-3-11/h2-5,10H,6-9H2,1H3,(H2,20,21,22,25). The highest BCUT2D eigenvalue weighted by Gasteiger charge is 2.23. The average molecular weight is 404 g/mol. The molecule has 0 unspecified atom stereocenters. The number of aromatic amines is 1. The van der Waals surface area contributed by atoms with E-state index < -0.39 is 0 Å². The van der Waals surface area contributed by atoms with E-state index in [0.717, 1.165) is 36.4 Å². The molecule has 27 heavy (non-hydrogen) atoms.